The lowest BCUT2D eigenvalue weighted by Gasteiger charge is -2.28. The zero-order valence-corrected chi connectivity index (χ0v) is 16.1. The molecule has 4 rings (SSSR count). The summed E-state index contributed by atoms with van der Waals surface area (Å²) in [6, 6.07) is 6.18. The number of hydrogen-bond donors (Lipinski definition) is 1. The molecule has 4 heterocycles. The van der Waals surface area contributed by atoms with Crippen LogP contribution in [0.4, 0.5) is 22.6 Å². The Balaban J connectivity index is 1.64. The second-order valence-electron chi connectivity index (χ2n) is 6.70. The number of thiazole rings is 1. The molecule has 0 bridgehead atoms. The van der Waals surface area contributed by atoms with Gasteiger partial charge in [-0.05, 0) is 18.9 Å². The maximum Gasteiger partial charge on any atom is 0.186 e. The number of aromatic nitrogens is 4. The molecular formula is C18H20N8S. The minimum atomic E-state index is 0.0759. The standard InChI is InChI=1S/C18H20N8S/c1-25(2)15-8-14(21-11-22-15)24-17-16-13(5-6-20-17)23-18(27-16)26-7-3-4-12(9-19)10-26/h5-6,8,11-12H,3-4,7,10H2,1-2H3,(H,20,21,22,24). The predicted octanol–water partition coefficient (Wildman–Crippen LogP) is 3.03. The quantitative estimate of drug-likeness (QED) is 0.738. The first-order valence-corrected chi connectivity index (χ1v) is 9.62. The Labute approximate surface area is 161 Å². The Morgan fingerprint density at radius 3 is 3.04 bits per heavy atom. The van der Waals surface area contributed by atoms with Crippen LogP contribution in [0.5, 0.6) is 0 Å². The van der Waals surface area contributed by atoms with Gasteiger partial charge in [0.1, 0.15) is 18.0 Å². The third-order valence-corrected chi connectivity index (χ3v) is 5.66. The van der Waals surface area contributed by atoms with Gasteiger partial charge in [-0.25, -0.2) is 19.9 Å². The average molecular weight is 380 g/mol. The van der Waals surface area contributed by atoms with Crippen molar-refractivity contribution in [1.29, 1.82) is 5.26 Å². The Kier molecular flexibility index (Phi) is 4.73. The second-order valence-corrected chi connectivity index (χ2v) is 7.68. The van der Waals surface area contributed by atoms with Crippen LogP contribution < -0.4 is 15.1 Å². The minimum Gasteiger partial charge on any atom is -0.363 e. The first kappa shape index (κ1) is 17.4. The smallest absolute Gasteiger partial charge is 0.186 e. The topological polar surface area (TPSA) is 93.9 Å². The molecule has 8 nitrogen and oxygen atoms in total. The highest BCUT2D eigenvalue weighted by atomic mass is 32.1. The maximum atomic E-state index is 9.24. The van der Waals surface area contributed by atoms with E-state index in [4.69, 9.17) is 4.98 Å². The lowest BCUT2D eigenvalue weighted by molar-refractivity contribution is 0.493. The van der Waals surface area contributed by atoms with Gasteiger partial charge in [-0.2, -0.15) is 5.26 Å². The highest BCUT2D eigenvalue weighted by Crippen LogP contribution is 2.35. The Hall–Kier alpha value is -2.99. The van der Waals surface area contributed by atoms with Gasteiger partial charge in [0, 0.05) is 39.4 Å². The van der Waals surface area contributed by atoms with Gasteiger partial charge in [-0.1, -0.05) is 11.3 Å². The number of hydrogen-bond acceptors (Lipinski definition) is 9. The van der Waals surface area contributed by atoms with Crippen molar-refractivity contribution in [2.75, 3.05) is 42.3 Å². The van der Waals surface area contributed by atoms with Gasteiger partial charge >= 0.3 is 0 Å². The molecule has 0 spiro atoms. The highest BCUT2D eigenvalue weighted by molar-refractivity contribution is 7.22. The molecule has 1 aliphatic heterocycles. The van der Waals surface area contributed by atoms with Gasteiger partial charge in [0.15, 0.2) is 10.9 Å². The largest absolute Gasteiger partial charge is 0.363 e. The van der Waals surface area contributed by atoms with Crippen LogP contribution in [-0.4, -0.2) is 47.1 Å². The summed E-state index contributed by atoms with van der Waals surface area (Å²) in [7, 11) is 3.88. The third kappa shape index (κ3) is 3.61. The molecule has 138 valence electrons. The van der Waals surface area contributed by atoms with Crippen molar-refractivity contribution in [2.24, 2.45) is 5.92 Å². The van der Waals surface area contributed by atoms with E-state index >= 15 is 0 Å². The number of anilines is 4. The van der Waals surface area contributed by atoms with Crippen LogP contribution in [0.15, 0.2) is 24.7 Å². The SMILES string of the molecule is CN(C)c1cc(Nc2nccc3nc(N4CCCC(C#N)C4)sc23)ncn1. The fourth-order valence-corrected chi connectivity index (χ4v) is 4.15. The summed E-state index contributed by atoms with van der Waals surface area (Å²) >= 11 is 1.60. The summed E-state index contributed by atoms with van der Waals surface area (Å²) in [6.45, 7) is 1.68. The van der Waals surface area contributed by atoms with Gasteiger partial charge in [0.25, 0.3) is 0 Å². The van der Waals surface area contributed by atoms with Crippen LogP contribution in [0, 0.1) is 17.2 Å². The summed E-state index contributed by atoms with van der Waals surface area (Å²) in [6.07, 6.45) is 5.27. The average Bonchev–Trinajstić information content (AvgIpc) is 3.14. The summed E-state index contributed by atoms with van der Waals surface area (Å²) < 4.78 is 0.983. The van der Waals surface area contributed by atoms with Crippen LogP contribution in [0.2, 0.25) is 0 Å². The number of rotatable bonds is 4. The van der Waals surface area contributed by atoms with Crippen molar-refractivity contribution < 1.29 is 0 Å². The molecule has 1 N–H and O–H groups in total. The molecule has 0 radical (unpaired) electrons. The fraction of sp³-hybridized carbons (Fsp3) is 0.389. The van der Waals surface area contributed by atoms with E-state index in [0.29, 0.717) is 5.82 Å². The fourth-order valence-electron chi connectivity index (χ4n) is 3.11. The molecule has 0 amide bonds. The molecule has 1 aliphatic rings. The number of fused-ring (bicyclic) bond motifs is 1. The van der Waals surface area contributed by atoms with E-state index in [1.165, 1.54) is 6.33 Å². The van der Waals surface area contributed by atoms with Gasteiger partial charge < -0.3 is 15.1 Å². The number of nitriles is 1. The highest BCUT2D eigenvalue weighted by Gasteiger charge is 2.22. The molecule has 0 saturated carbocycles. The van der Waals surface area contributed by atoms with E-state index in [1.54, 1.807) is 17.5 Å². The summed E-state index contributed by atoms with van der Waals surface area (Å²) in [5.41, 5.74) is 0.897. The maximum absolute atomic E-state index is 9.24. The molecule has 1 unspecified atom stereocenters. The van der Waals surface area contributed by atoms with Gasteiger partial charge in [0.05, 0.1) is 22.2 Å². The van der Waals surface area contributed by atoms with Crippen molar-refractivity contribution in [3.8, 4) is 6.07 Å². The van der Waals surface area contributed by atoms with Gasteiger partial charge in [0.2, 0.25) is 0 Å². The first-order valence-electron chi connectivity index (χ1n) is 8.80. The Morgan fingerprint density at radius 1 is 1.33 bits per heavy atom. The van der Waals surface area contributed by atoms with E-state index in [2.05, 4.69) is 31.2 Å². The van der Waals surface area contributed by atoms with Crippen molar-refractivity contribution in [2.45, 2.75) is 12.8 Å². The van der Waals surface area contributed by atoms with Gasteiger partial charge in [-0.3, -0.25) is 0 Å². The Bertz CT molecular complexity index is 992. The van der Waals surface area contributed by atoms with E-state index in [9.17, 15) is 5.26 Å². The van der Waals surface area contributed by atoms with Crippen LogP contribution in [0.3, 0.4) is 0 Å². The third-order valence-electron chi connectivity index (χ3n) is 4.52. The van der Waals surface area contributed by atoms with Crippen molar-refractivity contribution in [1.82, 2.24) is 19.9 Å². The molecule has 3 aromatic heterocycles. The zero-order chi connectivity index (χ0) is 18.8. The van der Waals surface area contributed by atoms with Crippen LogP contribution >= 0.6 is 11.3 Å². The second kappa shape index (κ2) is 7.32. The molecule has 3 aromatic rings. The molecule has 27 heavy (non-hydrogen) atoms. The first-order chi connectivity index (χ1) is 13.1. The lowest BCUT2D eigenvalue weighted by Crippen LogP contribution is -2.34. The van der Waals surface area contributed by atoms with Crippen molar-refractivity contribution >= 4 is 44.1 Å². The van der Waals surface area contributed by atoms with Crippen LogP contribution in [0.1, 0.15) is 12.8 Å². The van der Waals surface area contributed by atoms with E-state index in [1.807, 2.05) is 31.1 Å². The van der Waals surface area contributed by atoms with Crippen molar-refractivity contribution in [3.05, 3.63) is 24.7 Å². The van der Waals surface area contributed by atoms with Gasteiger partial charge in [-0.15, -0.1) is 0 Å². The van der Waals surface area contributed by atoms with Crippen LogP contribution in [0.25, 0.3) is 10.2 Å². The molecule has 1 saturated heterocycles. The zero-order valence-electron chi connectivity index (χ0n) is 15.3. The molecule has 1 atom stereocenters. The minimum absolute atomic E-state index is 0.0759. The number of nitrogens with zero attached hydrogens (tertiary/aromatic N) is 7. The van der Waals surface area contributed by atoms with E-state index < -0.39 is 0 Å². The van der Waals surface area contributed by atoms with Crippen LogP contribution in [-0.2, 0) is 0 Å². The molecule has 0 aromatic carbocycles. The summed E-state index contributed by atoms with van der Waals surface area (Å²) in [5.74, 6) is 2.31. The summed E-state index contributed by atoms with van der Waals surface area (Å²) in [4.78, 5) is 21.9. The number of pyridine rings is 1. The monoisotopic (exact) mass is 380 g/mol. The molecular weight excluding hydrogens is 360 g/mol. The predicted molar refractivity (Wildman–Crippen MR) is 108 cm³/mol. The lowest BCUT2D eigenvalue weighted by atomic mass is 10.0. The molecule has 1 fully saturated rings. The number of nitrogens with one attached hydrogen (secondary N) is 1. The Morgan fingerprint density at radius 2 is 2.22 bits per heavy atom. The normalized spacial score (nSPS) is 16.9. The van der Waals surface area contributed by atoms with Crippen molar-refractivity contribution in [3.63, 3.8) is 0 Å². The molecule has 0 aliphatic carbocycles. The number of piperidine rings is 1. The van der Waals surface area contributed by atoms with E-state index in [0.717, 1.165) is 52.9 Å². The summed E-state index contributed by atoms with van der Waals surface area (Å²) in [5, 5.41) is 13.5. The molecule has 9 heteroatoms. The van der Waals surface area contributed by atoms with E-state index in [-0.39, 0.29) is 5.92 Å².